The van der Waals surface area contributed by atoms with Crippen molar-refractivity contribution in [2.45, 2.75) is 186 Å². The van der Waals surface area contributed by atoms with Gasteiger partial charge < -0.3 is 46.0 Å². The quantitative estimate of drug-likeness (QED) is 0.0412. The summed E-state index contributed by atoms with van der Waals surface area (Å²) in [4.78, 5) is 51.1. The Kier molecular flexibility index (Phi) is 53.4. The minimum atomic E-state index is -1.11. The number of rotatable bonds is 29. The van der Waals surface area contributed by atoms with Crippen molar-refractivity contribution >= 4 is 29.7 Å². The Hall–Kier alpha value is -1.77. The number of primary amides is 3. The summed E-state index contributed by atoms with van der Waals surface area (Å²) in [5.41, 5.74) is 30.3. The van der Waals surface area contributed by atoms with Crippen molar-refractivity contribution in [1.29, 1.82) is 0 Å². The third-order valence-corrected chi connectivity index (χ3v) is 7.36. The number of carbonyl (C=O) groups excluding carboxylic acids is 3. The first kappa shape index (κ1) is 56.6. The smallest absolute Gasteiger partial charge is 1.00 e. The first-order valence-electron chi connectivity index (χ1n) is 18.3. The largest absolute Gasteiger partial charge is 1.00 e. The van der Waals surface area contributed by atoms with Gasteiger partial charge in [0, 0.05) is 19.3 Å². The van der Waals surface area contributed by atoms with Gasteiger partial charge in [0.2, 0.25) is 17.7 Å². The third kappa shape index (κ3) is 61.9. The summed E-state index contributed by atoms with van der Waals surface area (Å²) < 4.78 is 0. The van der Waals surface area contributed by atoms with Crippen LogP contribution in [0.5, 0.6) is 0 Å². The van der Waals surface area contributed by atoms with Crippen LogP contribution in [0.4, 0.5) is 0 Å². The molecule has 0 aromatic rings. The van der Waals surface area contributed by atoms with E-state index in [4.69, 9.17) is 44.6 Å². The van der Waals surface area contributed by atoms with Gasteiger partial charge in [-0.3, -0.25) is 24.0 Å². The van der Waals surface area contributed by atoms with Crippen molar-refractivity contribution in [3.63, 3.8) is 0 Å². The van der Waals surface area contributed by atoms with Gasteiger partial charge in [0.05, 0.1) is 0 Å². The fourth-order valence-corrected chi connectivity index (χ4v) is 4.27. The molecule has 13 nitrogen and oxygen atoms in total. The van der Waals surface area contributed by atoms with Crippen molar-refractivity contribution in [2.24, 2.45) is 34.4 Å². The number of carboxylic acid groups (broad SMARTS) is 2. The predicted molar refractivity (Wildman–Crippen MR) is 196 cm³/mol. The molecule has 3 amide bonds. The number of unbranched alkanes of at least 4 members (excludes halogenated alkanes) is 17. The Morgan fingerprint density at radius 2 is 0.755 bits per heavy atom. The summed E-state index contributed by atoms with van der Waals surface area (Å²) in [5.74, 6) is -2.89. The average molecular weight is 715 g/mol. The maximum atomic E-state index is 10.4. The summed E-state index contributed by atoms with van der Waals surface area (Å²) in [6.07, 6.45) is 26.5. The third-order valence-electron chi connectivity index (χ3n) is 7.36. The summed E-state index contributed by atoms with van der Waals surface area (Å²) in [6, 6.07) is -1.70. The normalized spacial score (nSPS) is 11.1. The van der Waals surface area contributed by atoms with E-state index in [1.807, 2.05) is 0 Å². The van der Waals surface area contributed by atoms with Crippen molar-refractivity contribution in [1.82, 2.24) is 0 Å². The maximum absolute atomic E-state index is 10.4. The van der Waals surface area contributed by atoms with Crippen LogP contribution in [0.25, 0.3) is 0 Å². The van der Waals surface area contributed by atoms with Gasteiger partial charge in [-0.05, 0) is 38.6 Å². The summed E-state index contributed by atoms with van der Waals surface area (Å²) in [7, 11) is 0. The molecule has 0 saturated heterocycles. The Morgan fingerprint density at radius 1 is 0.469 bits per heavy atom. The molecule has 14 heteroatoms. The number of amides is 3. The van der Waals surface area contributed by atoms with Crippen LogP contribution in [0, 0.1) is 0 Å². The van der Waals surface area contributed by atoms with E-state index in [9.17, 15) is 24.0 Å². The van der Waals surface area contributed by atoms with E-state index in [1.54, 1.807) is 0 Å². The van der Waals surface area contributed by atoms with E-state index in [0.29, 0.717) is 25.8 Å². The van der Waals surface area contributed by atoms with Gasteiger partial charge in [-0.25, -0.2) is 0 Å². The molecule has 0 spiro atoms. The minimum absolute atomic E-state index is 0. The molecular formula is C35H75N6NaO7. The van der Waals surface area contributed by atoms with Crippen molar-refractivity contribution in [3.8, 4) is 0 Å². The fraction of sp³-hybridized carbons (Fsp3) is 0.857. The monoisotopic (exact) mass is 715 g/mol. The Morgan fingerprint density at radius 3 is 1.02 bits per heavy atom. The van der Waals surface area contributed by atoms with Crippen molar-refractivity contribution < 1.29 is 65.2 Å². The molecule has 2 atom stereocenters. The fourth-order valence-electron chi connectivity index (χ4n) is 4.27. The Bertz CT molecular complexity index is 754. The minimum Gasteiger partial charge on any atom is -1.00 e. The molecule has 0 aliphatic rings. The topological polar surface area (TPSA) is 282 Å². The molecule has 14 N–H and O–H groups in total. The van der Waals surface area contributed by atoms with Gasteiger partial charge in [-0.15, -0.1) is 0 Å². The van der Waals surface area contributed by atoms with Gasteiger partial charge in [0.1, 0.15) is 12.1 Å². The first-order valence-corrected chi connectivity index (χ1v) is 18.3. The molecule has 0 aliphatic carbocycles. The first-order chi connectivity index (χ1) is 22.8. The number of carbonyl (C=O) groups is 5. The molecule has 2 unspecified atom stereocenters. The second-order valence-electron chi connectivity index (χ2n) is 12.3. The van der Waals surface area contributed by atoms with Gasteiger partial charge in [0.25, 0.3) is 0 Å². The molecule has 0 heterocycles. The standard InChI is InChI=1S/2C12H25NO.C6H14N2O2.C5H10N2O3.Na.H/c2*1-2-3-4-5-6-7-8-9-10-11-12(13)14;7-4-2-1-3-5(8)6(9)10;6-3(5(9)10)1-2-4(7)8;;/h2*2-11H2,1H3,(H2,13,14);5H,1-4,7-8H2,(H,9,10);3H,1-2,6H2,(H2,7,8)(H,9,10);;/q;;;;+1;-1. The van der Waals surface area contributed by atoms with E-state index in [2.05, 4.69) is 13.8 Å². The number of nitrogens with two attached hydrogens (primary N) is 6. The molecular weight excluding hydrogens is 639 g/mol. The van der Waals surface area contributed by atoms with Gasteiger partial charge >= 0.3 is 41.5 Å². The zero-order chi connectivity index (χ0) is 37.4. The van der Waals surface area contributed by atoms with E-state index in [1.165, 1.54) is 89.9 Å². The zero-order valence-corrected chi connectivity index (χ0v) is 33.4. The molecule has 288 valence electrons. The van der Waals surface area contributed by atoms with Crippen LogP contribution in [0.3, 0.4) is 0 Å². The van der Waals surface area contributed by atoms with E-state index < -0.39 is 29.9 Å². The predicted octanol–water partition coefficient (Wildman–Crippen LogP) is 2.09. The zero-order valence-electron chi connectivity index (χ0n) is 32.4. The number of hydrogen-bond donors (Lipinski definition) is 8. The van der Waals surface area contributed by atoms with Crippen LogP contribution in [0.2, 0.25) is 0 Å². The molecule has 49 heavy (non-hydrogen) atoms. The summed E-state index contributed by atoms with van der Waals surface area (Å²) >= 11 is 0. The maximum Gasteiger partial charge on any atom is 1.00 e. The van der Waals surface area contributed by atoms with E-state index in [-0.39, 0.29) is 55.6 Å². The molecule has 0 radical (unpaired) electrons. The second-order valence-corrected chi connectivity index (χ2v) is 12.3. The molecule has 0 aliphatic heterocycles. The van der Waals surface area contributed by atoms with Gasteiger partial charge in [-0.1, -0.05) is 123 Å². The van der Waals surface area contributed by atoms with Crippen LogP contribution in [-0.4, -0.2) is 58.5 Å². The second kappa shape index (κ2) is 46.2. The van der Waals surface area contributed by atoms with Gasteiger partial charge in [0.15, 0.2) is 0 Å². The van der Waals surface area contributed by atoms with Crippen molar-refractivity contribution in [3.05, 3.63) is 0 Å². The Labute approximate surface area is 320 Å². The van der Waals surface area contributed by atoms with Crippen LogP contribution in [0.15, 0.2) is 0 Å². The Balaban J connectivity index is -0.000000129. The molecule has 0 aromatic heterocycles. The number of carboxylic acids is 2. The van der Waals surface area contributed by atoms with Crippen LogP contribution in [0.1, 0.15) is 176 Å². The van der Waals surface area contributed by atoms with Crippen LogP contribution in [-0.2, 0) is 24.0 Å². The number of hydrogen-bond acceptors (Lipinski definition) is 8. The summed E-state index contributed by atoms with van der Waals surface area (Å²) in [6.45, 7) is 5.08. The molecule has 0 bridgehead atoms. The average Bonchev–Trinajstić information content (AvgIpc) is 3.02. The van der Waals surface area contributed by atoms with Crippen LogP contribution < -0.4 is 64.0 Å². The molecule has 0 fully saturated rings. The van der Waals surface area contributed by atoms with Gasteiger partial charge in [-0.2, -0.15) is 0 Å². The van der Waals surface area contributed by atoms with E-state index >= 15 is 0 Å². The molecule has 0 aromatic carbocycles. The SMILES string of the molecule is CCCCCCCCCCCC(N)=O.CCCCCCCCCCCC(N)=O.NC(=O)CCC(N)C(=O)O.NCCCCC(N)C(=O)O.[H-].[Na+]. The molecule has 0 rings (SSSR count). The number of aliphatic carboxylic acids is 2. The van der Waals surface area contributed by atoms with Crippen LogP contribution >= 0.6 is 0 Å². The van der Waals surface area contributed by atoms with Crippen molar-refractivity contribution in [2.75, 3.05) is 6.54 Å². The van der Waals surface area contributed by atoms with E-state index in [0.717, 1.165) is 38.5 Å². The molecule has 0 saturated carbocycles. The summed E-state index contributed by atoms with van der Waals surface area (Å²) in [5, 5.41) is 16.5.